The number of hydrogen-bond acceptors (Lipinski definition) is 6. The Labute approximate surface area is 312 Å². The molecular weight excluding hydrogens is 663 g/mol. The van der Waals surface area contributed by atoms with E-state index >= 15 is 0 Å². The normalized spacial score (nSPS) is 19.5. The van der Waals surface area contributed by atoms with Crippen LogP contribution in [0.3, 0.4) is 0 Å². The number of amides is 2. The lowest BCUT2D eigenvalue weighted by Crippen LogP contribution is -2.40. The SMILES string of the molecule is O=C(NCc1cccc(-c2cccc([C@@H]3O[C@H](CN4CCCCCCC4)C[C@H](c4ccc(CO)cc4)O3)c2)c1)Nc1ccc(Oc2ccccc2)cc1. The third-order valence-corrected chi connectivity index (χ3v) is 9.99. The van der Waals surface area contributed by atoms with Gasteiger partial charge in [0, 0.05) is 30.8 Å². The fraction of sp³-hybridized carbons (Fsp3) is 0.311. The lowest BCUT2D eigenvalue weighted by molar-refractivity contribution is -0.253. The van der Waals surface area contributed by atoms with Gasteiger partial charge in [0.2, 0.25) is 0 Å². The van der Waals surface area contributed by atoms with Gasteiger partial charge in [0.05, 0.1) is 18.8 Å². The molecule has 2 saturated heterocycles. The summed E-state index contributed by atoms with van der Waals surface area (Å²) in [5, 5.41) is 15.5. The Hall–Kier alpha value is -4.99. The molecule has 8 heteroatoms. The molecule has 2 amide bonds. The van der Waals surface area contributed by atoms with Crippen molar-refractivity contribution in [2.45, 2.75) is 70.2 Å². The van der Waals surface area contributed by atoms with Gasteiger partial charge in [-0.15, -0.1) is 0 Å². The Balaban J connectivity index is 1.00. The fourth-order valence-corrected chi connectivity index (χ4v) is 7.13. The van der Waals surface area contributed by atoms with Crippen molar-refractivity contribution in [3.05, 3.63) is 150 Å². The van der Waals surface area contributed by atoms with Crippen LogP contribution in [-0.4, -0.2) is 41.8 Å². The molecule has 5 aromatic rings. The molecule has 0 radical (unpaired) electrons. The maximum atomic E-state index is 12.8. The lowest BCUT2D eigenvalue weighted by atomic mass is 9.98. The Morgan fingerprint density at radius 1 is 0.698 bits per heavy atom. The van der Waals surface area contributed by atoms with Crippen LogP contribution in [0, 0.1) is 0 Å². The molecule has 3 N–H and O–H groups in total. The molecule has 3 atom stereocenters. The van der Waals surface area contributed by atoms with Crippen molar-refractivity contribution < 1.29 is 24.1 Å². The van der Waals surface area contributed by atoms with E-state index in [0.29, 0.717) is 18.0 Å². The number of aliphatic hydroxyl groups is 1. The average Bonchev–Trinajstić information content (AvgIpc) is 3.19. The number of rotatable bonds is 11. The van der Waals surface area contributed by atoms with Gasteiger partial charge >= 0.3 is 6.03 Å². The summed E-state index contributed by atoms with van der Waals surface area (Å²) < 4.78 is 19.3. The van der Waals surface area contributed by atoms with Crippen molar-refractivity contribution in [1.82, 2.24) is 10.2 Å². The largest absolute Gasteiger partial charge is 0.457 e. The number of carbonyl (C=O) groups excluding carboxylic acids is 1. The topological polar surface area (TPSA) is 92.3 Å². The number of hydrogen-bond donors (Lipinski definition) is 3. The average molecular weight is 712 g/mol. The van der Waals surface area contributed by atoms with Crippen LogP contribution in [0.1, 0.15) is 73.2 Å². The second kappa shape index (κ2) is 18.2. The number of urea groups is 1. The van der Waals surface area contributed by atoms with Crippen molar-refractivity contribution in [2.24, 2.45) is 0 Å². The smallest absolute Gasteiger partial charge is 0.319 e. The number of nitrogens with zero attached hydrogens (tertiary/aromatic N) is 1. The van der Waals surface area contributed by atoms with Crippen LogP contribution < -0.4 is 15.4 Å². The first-order valence-corrected chi connectivity index (χ1v) is 18.9. The highest BCUT2D eigenvalue weighted by Crippen LogP contribution is 2.39. The molecule has 0 aliphatic carbocycles. The summed E-state index contributed by atoms with van der Waals surface area (Å²) in [7, 11) is 0. The van der Waals surface area contributed by atoms with Crippen LogP contribution in [-0.2, 0) is 22.6 Å². The fourth-order valence-electron chi connectivity index (χ4n) is 7.13. The summed E-state index contributed by atoms with van der Waals surface area (Å²) in [4.78, 5) is 15.4. The molecule has 274 valence electrons. The number of anilines is 1. The maximum absolute atomic E-state index is 12.8. The summed E-state index contributed by atoms with van der Waals surface area (Å²) in [6.07, 6.45) is 6.57. The van der Waals surface area contributed by atoms with Crippen molar-refractivity contribution in [3.63, 3.8) is 0 Å². The van der Waals surface area contributed by atoms with E-state index in [-0.39, 0.29) is 24.8 Å². The van der Waals surface area contributed by atoms with Crippen LogP contribution in [0.2, 0.25) is 0 Å². The second-order valence-corrected chi connectivity index (χ2v) is 14.0. The van der Waals surface area contributed by atoms with E-state index in [1.54, 1.807) is 0 Å². The zero-order chi connectivity index (χ0) is 36.2. The lowest BCUT2D eigenvalue weighted by Gasteiger charge is -2.39. The third-order valence-electron chi connectivity index (χ3n) is 9.99. The standard InChI is InChI=1S/C45H49N3O5/c49-32-33-17-19-35(20-18-33)43-29-42(31-48-25-7-2-1-3-8-26-48)52-44(53-43)38-14-10-13-37(28-38)36-12-9-11-34(27-36)30-46-45(50)47-39-21-23-41(24-22-39)51-40-15-5-4-6-16-40/h4-6,9-24,27-28,42-44,49H,1-3,7-8,25-26,29-32H2,(H2,46,47,50)/t42-,43+,44+/m0/s1. The summed E-state index contributed by atoms with van der Waals surface area (Å²) in [6, 6.07) is 41.3. The van der Waals surface area contributed by atoms with Gasteiger partial charge in [0.15, 0.2) is 6.29 Å². The van der Waals surface area contributed by atoms with Gasteiger partial charge in [-0.3, -0.25) is 0 Å². The van der Waals surface area contributed by atoms with E-state index in [1.165, 1.54) is 32.1 Å². The van der Waals surface area contributed by atoms with Crippen molar-refractivity contribution in [2.75, 3.05) is 25.0 Å². The van der Waals surface area contributed by atoms with Gasteiger partial charge in [-0.1, -0.05) is 98.1 Å². The van der Waals surface area contributed by atoms with Crippen molar-refractivity contribution in [3.8, 4) is 22.6 Å². The van der Waals surface area contributed by atoms with Gasteiger partial charge in [0.25, 0.3) is 0 Å². The van der Waals surface area contributed by atoms with Gasteiger partial charge < -0.3 is 34.9 Å². The number of carbonyl (C=O) groups is 1. The predicted molar refractivity (Wildman–Crippen MR) is 209 cm³/mol. The van der Waals surface area contributed by atoms with Gasteiger partial charge in [-0.05, 0) is 102 Å². The molecule has 0 unspecified atom stereocenters. The maximum Gasteiger partial charge on any atom is 0.319 e. The van der Waals surface area contributed by atoms with Gasteiger partial charge in [-0.25, -0.2) is 4.79 Å². The van der Waals surface area contributed by atoms with E-state index in [0.717, 1.165) is 65.2 Å². The minimum absolute atomic E-state index is 0.0207. The van der Waals surface area contributed by atoms with E-state index in [4.69, 9.17) is 14.2 Å². The third kappa shape index (κ3) is 10.3. The summed E-state index contributed by atoms with van der Waals surface area (Å²) >= 11 is 0. The number of para-hydroxylation sites is 1. The van der Waals surface area contributed by atoms with Crippen LogP contribution in [0.4, 0.5) is 10.5 Å². The minimum atomic E-state index is -0.515. The first-order valence-electron chi connectivity index (χ1n) is 18.9. The molecule has 2 heterocycles. The zero-order valence-electron chi connectivity index (χ0n) is 30.2. The first-order chi connectivity index (χ1) is 26.1. The number of benzene rings is 5. The molecule has 53 heavy (non-hydrogen) atoms. The molecule has 0 aromatic heterocycles. The summed E-state index contributed by atoms with van der Waals surface area (Å²) in [6.45, 7) is 3.51. The van der Waals surface area contributed by atoms with Crippen molar-refractivity contribution in [1.29, 1.82) is 0 Å². The number of nitrogens with one attached hydrogen (secondary N) is 2. The molecule has 8 nitrogen and oxygen atoms in total. The van der Waals surface area contributed by atoms with Crippen molar-refractivity contribution >= 4 is 11.7 Å². The monoisotopic (exact) mass is 711 g/mol. The van der Waals surface area contributed by atoms with E-state index in [9.17, 15) is 9.90 Å². The molecule has 0 spiro atoms. The molecular formula is C45H49N3O5. The highest BCUT2D eigenvalue weighted by atomic mass is 16.7. The van der Waals surface area contributed by atoms with E-state index < -0.39 is 6.29 Å². The highest BCUT2D eigenvalue weighted by molar-refractivity contribution is 5.89. The molecule has 7 rings (SSSR count). The van der Waals surface area contributed by atoms with Crippen LogP contribution in [0.5, 0.6) is 11.5 Å². The number of likely N-dealkylation sites (tertiary alicyclic amines) is 1. The van der Waals surface area contributed by atoms with E-state index in [2.05, 4.69) is 64.1 Å². The Morgan fingerprint density at radius 3 is 2.15 bits per heavy atom. The molecule has 5 aromatic carbocycles. The Bertz CT molecular complexity index is 1890. The molecule has 2 aliphatic heterocycles. The zero-order valence-corrected chi connectivity index (χ0v) is 30.2. The second-order valence-electron chi connectivity index (χ2n) is 14.0. The predicted octanol–water partition coefficient (Wildman–Crippen LogP) is 9.77. The summed E-state index contributed by atoms with van der Waals surface area (Å²) in [5.74, 6) is 1.45. The first kappa shape index (κ1) is 36.4. The Morgan fingerprint density at radius 2 is 1.40 bits per heavy atom. The van der Waals surface area contributed by atoms with Gasteiger partial charge in [0.1, 0.15) is 11.5 Å². The number of aliphatic hydroxyl groups excluding tert-OH is 1. The van der Waals surface area contributed by atoms with Crippen LogP contribution in [0.25, 0.3) is 11.1 Å². The molecule has 0 bridgehead atoms. The summed E-state index contributed by atoms with van der Waals surface area (Å²) in [5.41, 5.74) is 6.72. The van der Waals surface area contributed by atoms with E-state index in [1.807, 2.05) is 78.9 Å². The number of ether oxygens (including phenoxy) is 3. The molecule has 2 fully saturated rings. The van der Waals surface area contributed by atoms with Gasteiger partial charge in [-0.2, -0.15) is 0 Å². The molecule has 2 aliphatic rings. The quantitative estimate of drug-likeness (QED) is 0.126. The highest BCUT2D eigenvalue weighted by Gasteiger charge is 2.33. The minimum Gasteiger partial charge on any atom is -0.457 e. The Kier molecular flexibility index (Phi) is 12.5. The van der Waals surface area contributed by atoms with Crippen LogP contribution >= 0.6 is 0 Å². The molecule has 0 saturated carbocycles. The van der Waals surface area contributed by atoms with Crippen LogP contribution in [0.15, 0.2) is 127 Å².